The molecule has 0 bridgehead atoms. The summed E-state index contributed by atoms with van der Waals surface area (Å²) in [7, 11) is 0. The lowest BCUT2D eigenvalue weighted by Crippen LogP contribution is -2.29. The molecule has 1 heterocycles. The Morgan fingerprint density at radius 3 is 2.94 bits per heavy atom. The van der Waals surface area contributed by atoms with Gasteiger partial charge >= 0.3 is 0 Å². The molecule has 16 heavy (non-hydrogen) atoms. The summed E-state index contributed by atoms with van der Waals surface area (Å²) in [6.07, 6.45) is 2.41. The van der Waals surface area contributed by atoms with Crippen molar-refractivity contribution in [1.29, 1.82) is 0 Å². The molecule has 2 rings (SSSR count). The van der Waals surface area contributed by atoms with Crippen LogP contribution in [0, 0.1) is 5.92 Å². The van der Waals surface area contributed by atoms with Gasteiger partial charge in [-0.25, -0.2) is 5.48 Å². The first-order valence-electron chi connectivity index (χ1n) is 5.91. The number of hydrogen-bond acceptors (Lipinski definition) is 3. The Balaban J connectivity index is 1.58. The molecule has 3 heteroatoms. The topological polar surface area (TPSA) is 30.5 Å². The lowest BCUT2D eigenvalue weighted by molar-refractivity contribution is -0.00696. The van der Waals surface area contributed by atoms with Crippen molar-refractivity contribution in [3.63, 3.8) is 0 Å². The van der Waals surface area contributed by atoms with Crippen LogP contribution in [-0.2, 0) is 16.2 Å². The number of benzene rings is 1. The van der Waals surface area contributed by atoms with Crippen molar-refractivity contribution in [1.82, 2.24) is 5.48 Å². The Morgan fingerprint density at radius 2 is 2.19 bits per heavy atom. The highest BCUT2D eigenvalue weighted by molar-refractivity contribution is 5.13. The van der Waals surface area contributed by atoms with Gasteiger partial charge in [-0.15, -0.1) is 0 Å². The van der Waals surface area contributed by atoms with E-state index in [2.05, 4.69) is 17.6 Å². The van der Waals surface area contributed by atoms with Crippen LogP contribution in [0.2, 0.25) is 0 Å². The molecule has 1 N–H and O–H groups in total. The highest BCUT2D eigenvalue weighted by atomic mass is 16.6. The van der Waals surface area contributed by atoms with Crippen molar-refractivity contribution in [2.45, 2.75) is 19.4 Å². The predicted octanol–water partition coefficient (Wildman–Crippen LogP) is 2.13. The summed E-state index contributed by atoms with van der Waals surface area (Å²) in [5.74, 6) is 0.601. The molecule has 0 amide bonds. The van der Waals surface area contributed by atoms with E-state index < -0.39 is 0 Å². The van der Waals surface area contributed by atoms with E-state index in [0.29, 0.717) is 12.5 Å². The van der Waals surface area contributed by atoms with E-state index in [1.54, 1.807) is 0 Å². The highest BCUT2D eigenvalue weighted by Gasteiger charge is 2.12. The summed E-state index contributed by atoms with van der Waals surface area (Å²) < 4.78 is 5.40. The van der Waals surface area contributed by atoms with Gasteiger partial charge in [0.05, 0.1) is 13.2 Å². The van der Waals surface area contributed by atoms with E-state index in [1.807, 2.05) is 18.2 Å². The van der Waals surface area contributed by atoms with Gasteiger partial charge in [0.1, 0.15) is 0 Å². The number of hydrogen-bond donors (Lipinski definition) is 1. The zero-order valence-corrected chi connectivity index (χ0v) is 9.52. The third kappa shape index (κ3) is 3.93. The average Bonchev–Trinajstić information content (AvgIpc) is 2.37. The molecule has 0 aromatic heterocycles. The minimum Gasteiger partial charge on any atom is -0.381 e. The molecule has 3 nitrogen and oxygen atoms in total. The molecule has 1 fully saturated rings. The predicted molar refractivity (Wildman–Crippen MR) is 62.8 cm³/mol. The first-order chi connectivity index (χ1) is 7.95. The van der Waals surface area contributed by atoms with Gasteiger partial charge in [0.2, 0.25) is 0 Å². The fourth-order valence-corrected chi connectivity index (χ4v) is 1.85. The lowest BCUT2D eigenvalue weighted by Gasteiger charge is -2.21. The molecular weight excluding hydrogens is 202 g/mol. The Bertz CT molecular complexity index is 283. The molecule has 1 aromatic carbocycles. The van der Waals surface area contributed by atoms with Gasteiger partial charge in [-0.3, -0.25) is 4.84 Å². The summed E-state index contributed by atoms with van der Waals surface area (Å²) in [5.41, 5.74) is 4.21. The van der Waals surface area contributed by atoms with Crippen LogP contribution >= 0.6 is 0 Å². The Hall–Kier alpha value is -0.900. The summed E-state index contributed by atoms with van der Waals surface area (Å²) in [6, 6.07) is 10.2. The molecule has 0 aliphatic carbocycles. The zero-order chi connectivity index (χ0) is 11.1. The first kappa shape index (κ1) is 11.6. The lowest BCUT2D eigenvalue weighted by atomic mass is 10.0. The van der Waals surface area contributed by atoms with Gasteiger partial charge in [-0.1, -0.05) is 30.3 Å². The molecule has 1 saturated heterocycles. The van der Waals surface area contributed by atoms with E-state index in [1.165, 1.54) is 18.4 Å². The Morgan fingerprint density at radius 1 is 1.31 bits per heavy atom. The van der Waals surface area contributed by atoms with Gasteiger partial charge < -0.3 is 4.74 Å². The number of rotatable bonds is 5. The normalized spacial score (nSPS) is 20.9. The van der Waals surface area contributed by atoms with E-state index in [0.717, 1.165) is 19.8 Å². The van der Waals surface area contributed by atoms with Gasteiger partial charge in [0.15, 0.2) is 0 Å². The fourth-order valence-electron chi connectivity index (χ4n) is 1.85. The van der Waals surface area contributed by atoms with E-state index >= 15 is 0 Å². The monoisotopic (exact) mass is 221 g/mol. The van der Waals surface area contributed by atoms with E-state index in [4.69, 9.17) is 9.57 Å². The third-order valence-electron chi connectivity index (χ3n) is 2.81. The maximum atomic E-state index is 5.42. The van der Waals surface area contributed by atoms with Crippen LogP contribution in [0.25, 0.3) is 0 Å². The summed E-state index contributed by atoms with van der Waals surface area (Å²) in [5, 5.41) is 0. The quantitative estimate of drug-likeness (QED) is 0.610. The number of nitrogens with one attached hydrogen (secondary N) is 1. The van der Waals surface area contributed by atoms with Crippen LogP contribution < -0.4 is 5.48 Å². The molecule has 0 saturated carbocycles. The third-order valence-corrected chi connectivity index (χ3v) is 2.81. The second kappa shape index (κ2) is 6.63. The van der Waals surface area contributed by atoms with Gasteiger partial charge in [0.25, 0.3) is 0 Å². The maximum absolute atomic E-state index is 5.42. The molecule has 1 unspecified atom stereocenters. The molecule has 1 aliphatic heterocycles. The molecule has 88 valence electrons. The van der Waals surface area contributed by atoms with Crippen molar-refractivity contribution in [3.8, 4) is 0 Å². The van der Waals surface area contributed by atoms with Crippen molar-refractivity contribution in [3.05, 3.63) is 35.9 Å². The Kier molecular flexibility index (Phi) is 4.80. The number of hydroxylamine groups is 1. The maximum Gasteiger partial charge on any atom is 0.0933 e. The molecule has 0 spiro atoms. The largest absolute Gasteiger partial charge is 0.381 e. The highest BCUT2D eigenvalue weighted by Crippen LogP contribution is 2.12. The molecule has 1 aromatic rings. The Labute approximate surface area is 96.7 Å². The van der Waals surface area contributed by atoms with Crippen molar-refractivity contribution < 1.29 is 9.57 Å². The van der Waals surface area contributed by atoms with Crippen molar-refractivity contribution >= 4 is 0 Å². The SMILES string of the molecule is c1ccc(CONCC2CCCOC2)cc1. The van der Waals surface area contributed by atoms with Crippen LogP contribution in [-0.4, -0.2) is 19.8 Å². The molecule has 0 radical (unpaired) electrons. The van der Waals surface area contributed by atoms with Crippen molar-refractivity contribution in [2.24, 2.45) is 5.92 Å². The second-order valence-electron chi connectivity index (χ2n) is 4.21. The summed E-state index contributed by atoms with van der Waals surface area (Å²) in [4.78, 5) is 5.42. The van der Waals surface area contributed by atoms with E-state index in [-0.39, 0.29) is 0 Å². The smallest absolute Gasteiger partial charge is 0.0933 e. The van der Waals surface area contributed by atoms with E-state index in [9.17, 15) is 0 Å². The van der Waals surface area contributed by atoms with Gasteiger partial charge in [-0.05, 0) is 24.3 Å². The van der Waals surface area contributed by atoms with Crippen LogP contribution in [0.3, 0.4) is 0 Å². The minimum atomic E-state index is 0.601. The molecular formula is C13H19NO2. The standard InChI is InChI=1S/C13H19NO2/c1-2-5-12(6-3-1)11-16-14-9-13-7-4-8-15-10-13/h1-3,5-6,13-14H,4,7-11H2. The first-order valence-corrected chi connectivity index (χ1v) is 5.91. The van der Waals surface area contributed by atoms with Gasteiger partial charge in [-0.2, -0.15) is 0 Å². The molecule has 1 atom stereocenters. The summed E-state index contributed by atoms with van der Waals surface area (Å²) in [6.45, 7) is 3.28. The van der Waals surface area contributed by atoms with Crippen LogP contribution in [0.5, 0.6) is 0 Å². The zero-order valence-electron chi connectivity index (χ0n) is 9.52. The van der Waals surface area contributed by atoms with Crippen LogP contribution in [0.4, 0.5) is 0 Å². The van der Waals surface area contributed by atoms with Gasteiger partial charge in [0, 0.05) is 13.2 Å². The van der Waals surface area contributed by atoms with Crippen LogP contribution in [0.15, 0.2) is 30.3 Å². The fraction of sp³-hybridized carbons (Fsp3) is 0.538. The number of ether oxygens (including phenoxy) is 1. The second-order valence-corrected chi connectivity index (χ2v) is 4.21. The molecule has 1 aliphatic rings. The minimum absolute atomic E-state index is 0.601. The van der Waals surface area contributed by atoms with Crippen molar-refractivity contribution in [2.75, 3.05) is 19.8 Å². The van der Waals surface area contributed by atoms with Crippen LogP contribution in [0.1, 0.15) is 18.4 Å². The average molecular weight is 221 g/mol. The summed E-state index contributed by atoms with van der Waals surface area (Å²) >= 11 is 0.